The second-order valence-electron chi connectivity index (χ2n) is 3.15. The summed E-state index contributed by atoms with van der Waals surface area (Å²) in [4.78, 5) is 19.2. The highest BCUT2D eigenvalue weighted by Gasteiger charge is 2.10. The van der Waals surface area contributed by atoms with Crippen LogP contribution in [-0.4, -0.2) is 15.9 Å². The van der Waals surface area contributed by atoms with Crippen molar-refractivity contribution in [3.8, 4) is 0 Å². The summed E-state index contributed by atoms with van der Waals surface area (Å²) in [6.07, 6.45) is 1.24. The zero-order chi connectivity index (χ0) is 12.3. The molecular formula is C10H9FN4OS. The maximum atomic E-state index is 12.5. The first-order valence-electron chi connectivity index (χ1n) is 4.76. The van der Waals surface area contributed by atoms with Gasteiger partial charge in [-0.15, -0.1) is 11.3 Å². The summed E-state index contributed by atoms with van der Waals surface area (Å²) in [6.45, 7) is 0.302. The molecule has 0 aromatic carbocycles. The van der Waals surface area contributed by atoms with Crippen molar-refractivity contribution in [1.82, 2.24) is 9.97 Å². The van der Waals surface area contributed by atoms with Crippen LogP contribution in [0.15, 0.2) is 23.7 Å². The van der Waals surface area contributed by atoms with Crippen molar-refractivity contribution in [2.24, 2.45) is 5.73 Å². The van der Waals surface area contributed by atoms with Crippen LogP contribution in [0.3, 0.4) is 0 Å². The number of nitrogens with two attached hydrogens (primary N) is 1. The minimum absolute atomic E-state index is 0.291. The molecule has 0 radical (unpaired) electrons. The fourth-order valence-electron chi connectivity index (χ4n) is 1.15. The van der Waals surface area contributed by atoms with Crippen LogP contribution >= 0.6 is 11.3 Å². The molecule has 17 heavy (non-hydrogen) atoms. The molecule has 0 aliphatic rings. The third-order valence-electron chi connectivity index (χ3n) is 1.94. The van der Waals surface area contributed by atoms with Crippen LogP contribution in [0, 0.1) is 5.95 Å². The van der Waals surface area contributed by atoms with Crippen LogP contribution in [0.25, 0.3) is 0 Å². The number of carbonyl (C=O) groups excluding carboxylic acids is 1. The van der Waals surface area contributed by atoms with E-state index in [0.717, 1.165) is 0 Å². The molecule has 0 aliphatic heterocycles. The highest BCUT2D eigenvalue weighted by atomic mass is 32.1. The molecule has 3 N–H and O–H groups in total. The number of amides is 1. The highest BCUT2D eigenvalue weighted by molar-refractivity contribution is 7.09. The summed E-state index contributed by atoms with van der Waals surface area (Å²) in [5.41, 5.74) is 6.10. The van der Waals surface area contributed by atoms with Crippen molar-refractivity contribution in [1.29, 1.82) is 0 Å². The second-order valence-corrected chi connectivity index (χ2v) is 4.10. The number of hydrogen-bond acceptors (Lipinski definition) is 5. The van der Waals surface area contributed by atoms with Crippen LogP contribution in [0.1, 0.15) is 15.5 Å². The van der Waals surface area contributed by atoms with Crippen LogP contribution in [0.2, 0.25) is 0 Å². The lowest BCUT2D eigenvalue weighted by Crippen LogP contribution is -2.13. The summed E-state index contributed by atoms with van der Waals surface area (Å²) < 4.78 is 12.5. The Balaban J connectivity index is 2.08. The molecule has 7 heteroatoms. The van der Waals surface area contributed by atoms with Gasteiger partial charge >= 0.3 is 0 Å². The average molecular weight is 252 g/mol. The predicted octanol–water partition coefficient (Wildman–Crippen LogP) is 1.39. The molecule has 0 atom stereocenters. The van der Waals surface area contributed by atoms with Crippen molar-refractivity contribution in [3.05, 3.63) is 40.4 Å². The summed E-state index contributed by atoms with van der Waals surface area (Å²) in [5.74, 6) is -0.962. The second kappa shape index (κ2) is 4.98. The molecule has 2 rings (SSSR count). The standard InChI is InChI=1S/C10H9FN4OS/c11-8-2-1-6(4-13-8)14-10(16)7-5-17-9(3-12)15-7/h1-2,4-5H,3,12H2,(H,14,16). The van der Waals surface area contributed by atoms with Gasteiger partial charge < -0.3 is 11.1 Å². The largest absolute Gasteiger partial charge is 0.325 e. The Hall–Kier alpha value is -1.86. The molecule has 0 saturated carbocycles. The molecule has 0 bridgehead atoms. The maximum Gasteiger partial charge on any atom is 0.275 e. The Kier molecular flexibility index (Phi) is 3.40. The molecule has 5 nitrogen and oxygen atoms in total. The summed E-state index contributed by atoms with van der Waals surface area (Å²) in [6, 6.07) is 2.60. The molecule has 1 amide bonds. The van der Waals surface area contributed by atoms with Gasteiger partial charge in [-0.2, -0.15) is 4.39 Å². The van der Waals surface area contributed by atoms with Gasteiger partial charge in [-0.05, 0) is 12.1 Å². The van der Waals surface area contributed by atoms with Crippen molar-refractivity contribution in [3.63, 3.8) is 0 Å². The number of hydrogen-bond donors (Lipinski definition) is 2. The van der Waals surface area contributed by atoms with Gasteiger partial charge in [0.25, 0.3) is 5.91 Å². The van der Waals surface area contributed by atoms with Crippen molar-refractivity contribution >= 4 is 22.9 Å². The molecule has 0 unspecified atom stereocenters. The van der Waals surface area contributed by atoms with Gasteiger partial charge in [-0.25, -0.2) is 9.97 Å². The number of rotatable bonds is 3. The van der Waals surface area contributed by atoms with Gasteiger partial charge in [0, 0.05) is 11.9 Å². The Morgan fingerprint density at radius 1 is 1.53 bits per heavy atom. The van der Waals surface area contributed by atoms with Gasteiger partial charge in [0.15, 0.2) is 0 Å². The van der Waals surface area contributed by atoms with Gasteiger partial charge in [-0.3, -0.25) is 4.79 Å². The minimum Gasteiger partial charge on any atom is -0.325 e. The zero-order valence-corrected chi connectivity index (χ0v) is 9.50. The van der Waals surface area contributed by atoms with E-state index in [4.69, 9.17) is 5.73 Å². The zero-order valence-electron chi connectivity index (χ0n) is 8.68. The van der Waals surface area contributed by atoms with Crippen LogP contribution in [0.5, 0.6) is 0 Å². The first-order valence-corrected chi connectivity index (χ1v) is 5.64. The fourth-order valence-corrected chi connectivity index (χ4v) is 1.81. The maximum absolute atomic E-state index is 12.5. The monoisotopic (exact) mass is 252 g/mol. The van der Waals surface area contributed by atoms with E-state index in [2.05, 4.69) is 15.3 Å². The lowest BCUT2D eigenvalue weighted by atomic mass is 10.4. The molecule has 88 valence electrons. The molecule has 2 aromatic rings. The SMILES string of the molecule is NCc1nc(C(=O)Nc2ccc(F)nc2)cs1. The Morgan fingerprint density at radius 2 is 2.35 bits per heavy atom. The minimum atomic E-state index is -0.595. The Morgan fingerprint density at radius 3 is 2.94 bits per heavy atom. The third-order valence-corrected chi connectivity index (χ3v) is 2.82. The van der Waals surface area contributed by atoms with E-state index in [1.165, 1.54) is 29.7 Å². The topological polar surface area (TPSA) is 80.9 Å². The summed E-state index contributed by atoms with van der Waals surface area (Å²) in [5, 5.41) is 4.87. The molecule has 2 heterocycles. The number of aromatic nitrogens is 2. The van der Waals surface area contributed by atoms with E-state index in [-0.39, 0.29) is 5.91 Å². The van der Waals surface area contributed by atoms with E-state index in [9.17, 15) is 9.18 Å². The summed E-state index contributed by atoms with van der Waals surface area (Å²) in [7, 11) is 0. The Labute approximate surface area is 101 Å². The first-order chi connectivity index (χ1) is 8.19. The smallest absolute Gasteiger partial charge is 0.275 e. The molecule has 0 spiro atoms. The van der Waals surface area contributed by atoms with Gasteiger partial charge in [-0.1, -0.05) is 0 Å². The van der Waals surface area contributed by atoms with Crippen LogP contribution in [-0.2, 0) is 6.54 Å². The van der Waals surface area contributed by atoms with E-state index >= 15 is 0 Å². The quantitative estimate of drug-likeness (QED) is 0.809. The lowest BCUT2D eigenvalue weighted by Gasteiger charge is -2.01. The van der Waals surface area contributed by atoms with Crippen molar-refractivity contribution in [2.45, 2.75) is 6.54 Å². The number of thiazole rings is 1. The summed E-state index contributed by atoms with van der Waals surface area (Å²) >= 11 is 1.32. The van der Waals surface area contributed by atoms with Crippen LogP contribution < -0.4 is 11.1 Å². The van der Waals surface area contributed by atoms with E-state index in [1.807, 2.05) is 0 Å². The third kappa shape index (κ3) is 2.83. The average Bonchev–Trinajstić information content (AvgIpc) is 2.81. The Bertz CT molecular complexity index is 525. The predicted molar refractivity (Wildman–Crippen MR) is 62.2 cm³/mol. The number of anilines is 1. The number of carbonyl (C=O) groups is 1. The van der Waals surface area contributed by atoms with Crippen molar-refractivity contribution < 1.29 is 9.18 Å². The van der Waals surface area contributed by atoms with Crippen LogP contribution in [0.4, 0.5) is 10.1 Å². The molecule has 0 fully saturated rings. The number of nitrogens with zero attached hydrogens (tertiary/aromatic N) is 2. The lowest BCUT2D eigenvalue weighted by molar-refractivity contribution is 0.102. The van der Waals surface area contributed by atoms with Gasteiger partial charge in [0.2, 0.25) is 5.95 Å². The van der Waals surface area contributed by atoms with E-state index in [1.54, 1.807) is 5.38 Å². The first kappa shape index (κ1) is 11.6. The molecule has 0 saturated heterocycles. The molecule has 2 aromatic heterocycles. The normalized spacial score (nSPS) is 10.2. The molecule has 0 aliphatic carbocycles. The molecular weight excluding hydrogens is 243 g/mol. The number of pyridine rings is 1. The van der Waals surface area contributed by atoms with Gasteiger partial charge in [0.05, 0.1) is 11.9 Å². The van der Waals surface area contributed by atoms with E-state index in [0.29, 0.717) is 22.9 Å². The van der Waals surface area contributed by atoms with Crippen molar-refractivity contribution in [2.75, 3.05) is 5.32 Å². The van der Waals surface area contributed by atoms with Gasteiger partial charge in [0.1, 0.15) is 10.7 Å². The highest BCUT2D eigenvalue weighted by Crippen LogP contribution is 2.12. The fraction of sp³-hybridized carbons (Fsp3) is 0.100. The van der Waals surface area contributed by atoms with E-state index < -0.39 is 5.95 Å². The number of nitrogens with one attached hydrogen (secondary N) is 1. The number of halogens is 1.